The first kappa shape index (κ1) is 16.9. The predicted octanol–water partition coefficient (Wildman–Crippen LogP) is 3.10. The number of rotatable bonds is 4. The molecule has 23 heavy (non-hydrogen) atoms. The minimum absolute atomic E-state index is 0.0107. The van der Waals surface area contributed by atoms with Crippen molar-refractivity contribution in [1.29, 1.82) is 0 Å². The number of nitrogens with zero attached hydrogens (tertiary/aromatic N) is 2. The summed E-state index contributed by atoms with van der Waals surface area (Å²) in [5.74, 6) is 0.311. The summed E-state index contributed by atoms with van der Waals surface area (Å²) in [6.45, 7) is 6.28. The molecule has 6 heteroatoms. The van der Waals surface area contributed by atoms with Crippen molar-refractivity contribution in [2.75, 3.05) is 14.2 Å². The third-order valence-corrected chi connectivity index (χ3v) is 3.70. The van der Waals surface area contributed by atoms with Crippen LogP contribution in [0.15, 0.2) is 18.2 Å². The first-order valence-corrected chi connectivity index (χ1v) is 7.23. The Morgan fingerprint density at radius 1 is 1.13 bits per heavy atom. The lowest BCUT2D eigenvalue weighted by molar-refractivity contribution is 0.0689. The topological polar surface area (TPSA) is 73.6 Å². The van der Waals surface area contributed by atoms with Crippen LogP contribution in [0.3, 0.4) is 0 Å². The van der Waals surface area contributed by atoms with Crippen molar-refractivity contribution in [2.45, 2.75) is 26.2 Å². The van der Waals surface area contributed by atoms with E-state index in [4.69, 9.17) is 14.6 Å². The van der Waals surface area contributed by atoms with E-state index in [0.717, 1.165) is 16.9 Å². The maximum Gasteiger partial charge on any atom is 0.356 e. The van der Waals surface area contributed by atoms with Gasteiger partial charge in [0.1, 0.15) is 11.5 Å². The molecule has 0 spiro atoms. The fraction of sp³-hybridized carbons (Fsp3) is 0.412. The van der Waals surface area contributed by atoms with Crippen LogP contribution in [0.1, 0.15) is 36.8 Å². The zero-order valence-corrected chi connectivity index (χ0v) is 14.3. The SMILES string of the molecule is COc1cc(C(C)(C)C)c(OC)cc1-c1cc(C(=O)O)nn1C. The largest absolute Gasteiger partial charge is 0.496 e. The maximum atomic E-state index is 11.1. The Morgan fingerprint density at radius 2 is 1.74 bits per heavy atom. The molecule has 0 atom stereocenters. The molecule has 1 heterocycles. The molecule has 0 saturated carbocycles. The van der Waals surface area contributed by atoms with Gasteiger partial charge in [-0.2, -0.15) is 5.10 Å². The number of aryl methyl sites for hydroxylation is 1. The highest BCUT2D eigenvalue weighted by molar-refractivity contribution is 5.87. The second-order valence-corrected chi connectivity index (χ2v) is 6.35. The average molecular weight is 318 g/mol. The van der Waals surface area contributed by atoms with Gasteiger partial charge in [-0.1, -0.05) is 20.8 Å². The monoisotopic (exact) mass is 318 g/mol. The Labute approximate surface area is 135 Å². The van der Waals surface area contributed by atoms with Crippen LogP contribution in [-0.2, 0) is 12.5 Å². The van der Waals surface area contributed by atoms with Gasteiger partial charge < -0.3 is 14.6 Å². The van der Waals surface area contributed by atoms with E-state index in [1.807, 2.05) is 12.1 Å². The maximum absolute atomic E-state index is 11.1. The van der Waals surface area contributed by atoms with Crippen molar-refractivity contribution in [3.8, 4) is 22.8 Å². The molecule has 6 nitrogen and oxygen atoms in total. The molecule has 1 aromatic heterocycles. The lowest BCUT2D eigenvalue weighted by Crippen LogP contribution is -2.13. The second-order valence-electron chi connectivity index (χ2n) is 6.35. The van der Waals surface area contributed by atoms with Gasteiger partial charge >= 0.3 is 5.97 Å². The number of hydrogen-bond acceptors (Lipinski definition) is 4. The summed E-state index contributed by atoms with van der Waals surface area (Å²) >= 11 is 0. The van der Waals surface area contributed by atoms with E-state index >= 15 is 0 Å². The van der Waals surface area contributed by atoms with Gasteiger partial charge in [0.15, 0.2) is 5.69 Å². The van der Waals surface area contributed by atoms with Crippen LogP contribution in [0, 0.1) is 0 Å². The molecule has 0 aliphatic rings. The molecule has 1 aromatic carbocycles. The summed E-state index contributed by atoms with van der Waals surface area (Å²) in [4.78, 5) is 11.1. The molecule has 0 unspecified atom stereocenters. The summed E-state index contributed by atoms with van der Waals surface area (Å²) in [5.41, 5.74) is 2.28. The highest BCUT2D eigenvalue weighted by Gasteiger charge is 2.24. The highest BCUT2D eigenvalue weighted by Crippen LogP contribution is 2.40. The second kappa shape index (κ2) is 5.95. The van der Waals surface area contributed by atoms with Crippen LogP contribution in [0.5, 0.6) is 11.5 Å². The lowest BCUT2D eigenvalue weighted by atomic mass is 9.85. The number of carbonyl (C=O) groups is 1. The Bertz CT molecular complexity index is 742. The summed E-state index contributed by atoms with van der Waals surface area (Å²) in [7, 11) is 4.91. The number of aromatic nitrogens is 2. The molecule has 2 rings (SSSR count). The Kier molecular flexibility index (Phi) is 4.36. The minimum Gasteiger partial charge on any atom is -0.496 e. The van der Waals surface area contributed by atoms with Gasteiger partial charge in [0.05, 0.1) is 19.9 Å². The van der Waals surface area contributed by atoms with E-state index in [0.29, 0.717) is 11.4 Å². The fourth-order valence-corrected chi connectivity index (χ4v) is 2.51. The smallest absolute Gasteiger partial charge is 0.356 e. The van der Waals surface area contributed by atoms with Gasteiger partial charge in [-0.05, 0) is 23.6 Å². The number of benzene rings is 1. The van der Waals surface area contributed by atoms with E-state index in [-0.39, 0.29) is 11.1 Å². The summed E-state index contributed by atoms with van der Waals surface area (Å²) in [6.07, 6.45) is 0. The van der Waals surface area contributed by atoms with Gasteiger partial charge in [0.25, 0.3) is 0 Å². The number of hydrogen-bond donors (Lipinski definition) is 1. The third kappa shape index (κ3) is 3.16. The lowest BCUT2D eigenvalue weighted by Gasteiger charge is -2.24. The third-order valence-electron chi connectivity index (χ3n) is 3.70. The standard InChI is InChI=1S/C17H22N2O4/c1-17(2,3)11-8-14(22-5)10(7-15(11)23-6)13-9-12(16(20)21)18-19(13)4/h7-9H,1-6H3,(H,20,21). The zero-order chi connectivity index (χ0) is 17.4. The van der Waals surface area contributed by atoms with Crippen LogP contribution in [0.2, 0.25) is 0 Å². The van der Waals surface area contributed by atoms with Gasteiger partial charge in [-0.15, -0.1) is 0 Å². The van der Waals surface area contributed by atoms with E-state index in [9.17, 15) is 4.79 Å². The molecule has 0 aliphatic heterocycles. The Balaban J connectivity index is 2.70. The molecular formula is C17H22N2O4. The van der Waals surface area contributed by atoms with E-state index in [2.05, 4.69) is 25.9 Å². The Morgan fingerprint density at radius 3 is 2.17 bits per heavy atom. The molecule has 2 aromatic rings. The molecule has 0 amide bonds. The van der Waals surface area contributed by atoms with E-state index in [1.165, 1.54) is 10.7 Å². The first-order valence-electron chi connectivity index (χ1n) is 7.23. The van der Waals surface area contributed by atoms with Crippen molar-refractivity contribution in [1.82, 2.24) is 9.78 Å². The molecule has 124 valence electrons. The van der Waals surface area contributed by atoms with Crippen LogP contribution >= 0.6 is 0 Å². The zero-order valence-electron chi connectivity index (χ0n) is 14.3. The van der Waals surface area contributed by atoms with E-state index < -0.39 is 5.97 Å². The van der Waals surface area contributed by atoms with Crippen molar-refractivity contribution in [3.05, 3.63) is 29.5 Å². The number of ether oxygens (including phenoxy) is 2. The van der Waals surface area contributed by atoms with Crippen LogP contribution in [0.25, 0.3) is 11.3 Å². The average Bonchev–Trinajstić information content (AvgIpc) is 2.87. The highest BCUT2D eigenvalue weighted by atomic mass is 16.5. The Hall–Kier alpha value is -2.50. The summed E-state index contributed by atoms with van der Waals surface area (Å²) in [5, 5.41) is 13.1. The molecular weight excluding hydrogens is 296 g/mol. The van der Waals surface area contributed by atoms with Crippen LogP contribution in [0.4, 0.5) is 0 Å². The minimum atomic E-state index is -1.07. The van der Waals surface area contributed by atoms with Gasteiger partial charge in [0, 0.05) is 18.2 Å². The van der Waals surface area contributed by atoms with Gasteiger partial charge in [-0.3, -0.25) is 4.68 Å². The van der Waals surface area contributed by atoms with Crippen LogP contribution < -0.4 is 9.47 Å². The fourth-order valence-electron chi connectivity index (χ4n) is 2.51. The number of aromatic carboxylic acids is 1. The molecule has 1 N–H and O–H groups in total. The predicted molar refractivity (Wildman–Crippen MR) is 87.4 cm³/mol. The summed E-state index contributed by atoms with van der Waals surface area (Å²) in [6, 6.07) is 5.32. The molecule has 0 bridgehead atoms. The molecule has 0 fully saturated rings. The summed E-state index contributed by atoms with van der Waals surface area (Å²) < 4.78 is 12.6. The molecule has 0 aliphatic carbocycles. The van der Waals surface area contributed by atoms with Gasteiger partial charge in [-0.25, -0.2) is 4.79 Å². The van der Waals surface area contributed by atoms with Crippen molar-refractivity contribution in [3.63, 3.8) is 0 Å². The first-order chi connectivity index (χ1) is 10.7. The number of carboxylic acids is 1. The van der Waals surface area contributed by atoms with Crippen molar-refractivity contribution in [2.24, 2.45) is 7.05 Å². The van der Waals surface area contributed by atoms with E-state index in [1.54, 1.807) is 21.3 Å². The quantitative estimate of drug-likeness (QED) is 0.937. The van der Waals surface area contributed by atoms with Crippen LogP contribution in [-0.4, -0.2) is 35.1 Å². The molecule has 0 radical (unpaired) electrons. The normalized spacial score (nSPS) is 11.4. The van der Waals surface area contributed by atoms with Gasteiger partial charge in [0.2, 0.25) is 0 Å². The van der Waals surface area contributed by atoms with Crippen molar-refractivity contribution >= 4 is 5.97 Å². The molecule has 0 saturated heterocycles. The number of methoxy groups -OCH3 is 2. The van der Waals surface area contributed by atoms with Crippen molar-refractivity contribution < 1.29 is 19.4 Å². The number of carboxylic acid groups (broad SMARTS) is 1.